The van der Waals surface area contributed by atoms with E-state index in [-0.39, 0.29) is 11.8 Å². The molecule has 0 unspecified atom stereocenters. The second-order valence-electron chi connectivity index (χ2n) is 4.31. The van der Waals surface area contributed by atoms with Crippen molar-refractivity contribution in [1.29, 1.82) is 0 Å². The molecule has 0 aliphatic heterocycles. The number of nitrogens with one attached hydrogen (secondary N) is 1. The summed E-state index contributed by atoms with van der Waals surface area (Å²) >= 11 is 11.7. The number of unbranched alkanes of at least 4 members (excludes halogenated alkanes) is 1. The average Bonchev–Trinajstić information content (AvgIpc) is 2.46. The Morgan fingerprint density at radius 2 is 2.10 bits per heavy atom. The van der Waals surface area contributed by atoms with Gasteiger partial charge in [-0.15, -0.1) is 0 Å². The second-order valence-corrected chi connectivity index (χ2v) is 5.12. The van der Waals surface area contributed by atoms with Crippen LogP contribution in [-0.2, 0) is 0 Å². The van der Waals surface area contributed by atoms with E-state index in [9.17, 15) is 4.39 Å². The predicted octanol–water partition coefficient (Wildman–Crippen LogP) is 4.85. The van der Waals surface area contributed by atoms with Crippen LogP contribution in [0.25, 0.3) is 0 Å². The molecular formula is C14H14Cl2FN3O. The molecule has 0 aliphatic rings. The Bertz CT molecular complexity index is 625. The van der Waals surface area contributed by atoms with E-state index in [0.29, 0.717) is 22.3 Å². The van der Waals surface area contributed by atoms with Gasteiger partial charge in [0.15, 0.2) is 11.6 Å². The Balaban J connectivity index is 2.14. The molecule has 0 spiro atoms. The molecular weight excluding hydrogens is 316 g/mol. The van der Waals surface area contributed by atoms with E-state index in [1.165, 1.54) is 0 Å². The van der Waals surface area contributed by atoms with Gasteiger partial charge in [0.2, 0.25) is 0 Å². The standard InChI is InChI=1S/C14H14Cl2FN3O/c1-2-3-6-21-14-18-8-12(17)13(20-14)19-9-4-5-10(15)11(16)7-9/h4-5,7-8H,2-3,6H2,1H3,(H,18,19,20). The monoisotopic (exact) mass is 329 g/mol. The van der Waals surface area contributed by atoms with Crippen LogP contribution in [0.15, 0.2) is 24.4 Å². The normalized spacial score (nSPS) is 10.5. The van der Waals surface area contributed by atoms with Gasteiger partial charge >= 0.3 is 6.01 Å². The summed E-state index contributed by atoms with van der Waals surface area (Å²) in [7, 11) is 0. The lowest BCUT2D eigenvalue weighted by molar-refractivity contribution is 0.284. The number of rotatable bonds is 6. The van der Waals surface area contributed by atoms with Crippen molar-refractivity contribution in [2.75, 3.05) is 11.9 Å². The minimum Gasteiger partial charge on any atom is -0.463 e. The first-order chi connectivity index (χ1) is 10.1. The quantitative estimate of drug-likeness (QED) is 0.770. The van der Waals surface area contributed by atoms with E-state index in [4.69, 9.17) is 27.9 Å². The molecule has 1 heterocycles. The number of hydrogen-bond acceptors (Lipinski definition) is 4. The van der Waals surface area contributed by atoms with Crippen LogP contribution in [0.1, 0.15) is 19.8 Å². The van der Waals surface area contributed by atoms with Crippen LogP contribution >= 0.6 is 23.2 Å². The SMILES string of the molecule is CCCCOc1ncc(F)c(Nc2ccc(Cl)c(Cl)c2)n1. The van der Waals surface area contributed by atoms with Gasteiger partial charge in [0.1, 0.15) is 0 Å². The van der Waals surface area contributed by atoms with Crippen molar-refractivity contribution in [2.45, 2.75) is 19.8 Å². The van der Waals surface area contributed by atoms with Crippen molar-refractivity contribution in [3.05, 3.63) is 40.3 Å². The summed E-state index contributed by atoms with van der Waals surface area (Å²) in [6.45, 7) is 2.54. The highest BCUT2D eigenvalue weighted by molar-refractivity contribution is 6.42. The number of nitrogens with zero attached hydrogens (tertiary/aromatic N) is 2. The lowest BCUT2D eigenvalue weighted by Gasteiger charge is -2.09. The molecule has 1 N–H and O–H groups in total. The van der Waals surface area contributed by atoms with Gasteiger partial charge < -0.3 is 10.1 Å². The van der Waals surface area contributed by atoms with Crippen LogP contribution in [0.2, 0.25) is 10.0 Å². The largest absolute Gasteiger partial charge is 0.463 e. The van der Waals surface area contributed by atoms with Crippen molar-refractivity contribution < 1.29 is 9.13 Å². The summed E-state index contributed by atoms with van der Waals surface area (Å²) in [6.07, 6.45) is 2.94. The molecule has 0 radical (unpaired) electrons. The topological polar surface area (TPSA) is 47.0 Å². The van der Waals surface area contributed by atoms with Gasteiger partial charge in [-0.2, -0.15) is 4.98 Å². The fraction of sp³-hybridized carbons (Fsp3) is 0.286. The van der Waals surface area contributed by atoms with E-state index in [2.05, 4.69) is 15.3 Å². The molecule has 0 saturated carbocycles. The molecule has 21 heavy (non-hydrogen) atoms. The van der Waals surface area contributed by atoms with Crippen LogP contribution in [0.3, 0.4) is 0 Å². The number of aromatic nitrogens is 2. The van der Waals surface area contributed by atoms with Crippen LogP contribution in [0.5, 0.6) is 6.01 Å². The Labute approximate surface area is 132 Å². The molecule has 0 saturated heterocycles. The summed E-state index contributed by atoms with van der Waals surface area (Å²) < 4.78 is 19.1. The number of anilines is 2. The zero-order chi connectivity index (χ0) is 15.2. The molecule has 1 aromatic carbocycles. The highest BCUT2D eigenvalue weighted by atomic mass is 35.5. The number of ether oxygens (including phenoxy) is 1. The van der Waals surface area contributed by atoms with Crippen molar-refractivity contribution in [2.24, 2.45) is 0 Å². The fourth-order valence-electron chi connectivity index (χ4n) is 1.53. The van der Waals surface area contributed by atoms with E-state index < -0.39 is 5.82 Å². The smallest absolute Gasteiger partial charge is 0.318 e. The van der Waals surface area contributed by atoms with Gasteiger partial charge in [0, 0.05) is 5.69 Å². The van der Waals surface area contributed by atoms with Crippen molar-refractivity contribution in [3.63, 3.8) is 0 Å². The molecule has 2 aromatic rings. The van der Waals surface area contributed by atoms with Gasteiger partial charge in [-0.1, -0.05) is 36.5 Å². The van der Waals surface area contributed by atoms with Crippen molar-refractivity contribution in [1.82, 2.24) is 9.97 Å². The van der Waals surface area contributed by atoms with Crippen LogP contribution in [-0.4, -0.2) is 16.6 Å². The van der Waals surface area contributed by atoms with Crippen LogP contribution in [0, 0.1) is 5.82 Å². The third kappa shape index (κ3) is 4.44. The zero-order valence-corrected chi connectivity index (χ0v) is 12.9. The Hall–Kier alpha value is -1.59. The fourth-order valence-corrected chi connectivity index (χ4v) is 1.82. The Kier molecular flexibility index (Phi) is 5.59. The number of halogens is 3. The van der Waals surface area contributed by atoms with Crippen molar-refractivity contribution in [3.8, 4) is 6.01 Å². The molecule has 0 aliphatic carbocycles. The minimum atomic E-state index is -0.580. The Morgan fingerprint density at radius 3 is 2.81 bits per heavy atom. The molecule has 0 fully saturated rings. The minimum absolute atomic E-state index is 0.0230. The highest BCUT2D eigenvalue weighted by Gasteiger charge is 2.09. The first-order valence-corrected chi connectivity index (χ1v) is 7.23. The first-order valence-electron chi connectivity index (χ1n) is 6.47. The molecule has 2 rings (SSSR count). The van der Waals surface area contributed by atoms with Crippen LogP contribution < -0.4 is 10.1 Å². The molecule has 0 amide bonds. The number of benzene rings is 1. The summed E-state index contributed by atoms with van der Waals surface area (Å²) in [5, 5.41) is 3.62. The molecule has 4 nitrogen and oxygen atoms in total. The second kappa shape index (κ2) is 7.43. The predicted molar refractivity (Wildman–Crippen MR) is 82.1 cm³/mol. The maximum absolute atomic E-state index is 13.7. The molecule has 112 valence electrons. The molecule has 1 aromatic heterocycles. The van der Waals surface area contributed by atoms with Gasteiger partial charge in [0.05, 0.1) is 22.8 Å². The lowest BCUT2D eigenvalue weighted by Crippen LogP contribution is -2.04. The maximum atomic E-state index is 13.7. The van der Waals surface area contributed by atoms with E-state index in [1.807, 2.05) is 6.92 Å². The zero-order valence-electron chi connectivity index (χ0n) is 11.4. The number of hydrogen-bond donors (Lipinski definition) is 1. The van der Waals surface area contributed by atoms with E-state index in [1.54, 1.807) is 18.2 Å². The Morgan fingerprint density at radius 1 is 1.29 bits per heavy atom. The van der Waals surface area contributed by atoms with Gasteiger partial charge in [-0.05, 0) is 24.6 Å². The molecule has 0 atom stereocenters. The first kappa shape index (κ1) is 15.8. The summed E-state index contributed by atoms with van der Waals surface area (Å²) in [5.41, 5.74) is 0.571. The summed E-state index contributed by atoms with van der Waals surface area (Å²) in [4.78, 5) is 7.78. The highest BCUT2D eigenvalue weighted by Crippen LogP contribution is 2.27. The van der Waals surface area contributed by atoms with Gasteiger partial charge in [0.25, 0.3) is 0 Å². The van der Waals surface area contributed by atoms with Crippen molar-refractivity contribution >= 4 is 34.7 Å². The summed E-state index contributed by atoms with van der Waals surface area (Å²) in [6, 6.07) is 5.01. The van der Waals surface area contributed by atoms with Gasteiger partial charge in [-0.25, -0.2) is 9.37 Å². The lowest BCUT2D eigenvalue weighted by atomic mass is 10.3. The van der Waals surface area contributed by atoms with Gasteiger partial charge in [-0.3, -0.25) is 0 Å². The maximum Gasteiger partial charge on any atom is 0.318 e. The van der Waals surface area contributed by atoms with E-state index in [0.717, 1.165) is 19.0 Å². The van der Waals surface area contributed by atoms with E-state index >= 15 is 0 Å². The average molecular weight is 330 g/mol. The third-order valence-electron chi connectivity index (χ3n) is 2.63. The summed E-state index contributed by atoms with van der Waals surface area (Å²) in [5.74, 6) is -0.557. The third-order valence-corrected chi connectivity index (χ3v) is 3.37. The van der Waals surface area contributed by atoms with Crippen LogP contribution in [0.4, 0.5) is 15.9 Å². The molecule has 0 bridgehead atoms. The molecule has 7 heteroatoms.